The molecule has 0 aliphatic carbocycles. The summed E-state index contributed by atoms with van der Waals surface area (Å²) in [5.41, 5.74) is -0.894. The number of hydrogen-bond donors (Lipinski definition) is 2. The van der Waals surface area contributed by atoms with Crippen molar-refractivity contribution in [3.63, 3.8) is 0 Å². The Kier molecular flexibility index (Phi) is 7.12. The van der Waals surface area contributed by atoms with Gasteiger partial charge in [-0.3, -0.25) is 9.59 Å². The van der Waals surface area contributed by atoms with Gasteiger partial charge in [-0.15, -0.1) is 0 Å². The Bertz CT molecular complexity index is 1050. The van der Waals surface area contributed by atoms with E-state index in [0.29, 0.717) is 16.5 Å². The summed E-state index contributed by atoms with van der Waals surface area (Å²) >= 11 is 5.80. The second-order valence-electron chi connectivity index (χ2n) is 7.25. The van der Waals surface area contributed by atoms with Gasteiger partial charge in [-0.1, -0.05) is 11.6 Å². The fraction of sp³-hybridized carbons (Fsp3) is 0.300. The first-order valence-electron chi connectivity index (χ1n) is 8.88. The maximum Gasteiger partial charge on any atom is 0.257 e. The Morgan fingerprint density at radius 3 is 2.20 bits per heavy atom. The quantitative estimate of drug-likeness (QED) is 0.670. The fourth-order valence-corrected chi connectivity index (χ4v) is 4.04. The summed E-state index contributed by atoms with van der Waals surface area (Å²) in [7, 11) is 0.671. The predicted octanol–water partition coefficient (Wildman–Crippen LogP) is 2.75. The molecule has 0 saturated carbocycles. The second kappa shape index (κ2) is 9.03. The smallest absolute Gasteiger partial charge is 0.257 e. The van der Waals surface area contributed by atoms with Gasteiger partial charge in [0.1, 0.15) is 11.3 Å². The Morgan fingerprint density at radius 1 is 1.07 bits per heavy atom. The highest BCUT2D eigenvalue weighted by molar-refractivity contribution is 7.89. The van der Waals surface area contributed by atoms with Crippen molar-refractivity contribution in [2.24, 2.45) is 0 Å². The molecule has 162 valence electrons. The number of carbonyl (C=O) groups excluding carboxylic acids is 2. The van der Waals surface area contributed by atoms with Crippen LogP contribution in [0.4, 0.5) is 5.69 Å². The lowest BCUT2D eigenvalue weighted by Crippen LogP contribution is -2.52. The first-order valence-corrected chi connectivity index (χ1v) is 10.7. The first-order chi connectivity index (χ1) is 13.9. The lowest BCUT2D eigenvalue weighted by Gasteiger charge is -2.25. The Balaban J connectivity index is 2.24. The number of rotatable bonds is 7. The van der Waals surface area contributed by atoms with E-state index < -0.39 is 21.5 Å². The summed E-state index contributed by atoms with van der Waals surface area (Å²) in [6.07, 6.45) is 0. The summed E-state index contributed by atoms with van der Waals surface area (Å²) in [4.78, 5) is 26.5. The van der Waals surface area contributed by atoms with Gasteiger partial charge >= 0.3 is 0 Å². The summed E-state index contributed by atoms with van der Waals surface area (Å²) < 4.78 is 32.8. The van der Waals surface area contributed by atoms with Crippen molar-refractivity contribution >= 4 is 39.1 Å². The van der Waals surface area contributed by atoms with E-state index in [1.165, 1.54) is 56.2 Å². The molecule has 0 aromatic heterocycles. The van der Waals surface area contributed by atoms with Gasteiger partial charge in [-0.25, -0.2) is 8.42 Å². The minimum absolute atomic E-state index is 0.0175. The van der Waals surface area contributed by atoms with Gasteiger partial charge in [0.15, 0.2) is 0 Å². The molecule has 0 atom stereocenters. The van der Waals surface area contributed by atoms with Crippen molar-refractivity contribution in [3.8, 4) is 5.75 Å². The molecule has 0 spiro atoms. The minimum Gasteiger partial charge on any atom is -0.496 e. The third kappa shape index (κ3) is 5.50. The molecule has 0 aliphatic heterocycles. The molecular weight excluding hydrogens is 430 g/mol. The van der Waals surface area contributed by atoms with E-state index in [-0.39, 0.29) is 16.4 Å². The van der Waals surface area contributed by atoms with Gasteiger partial charge < -0.3 is 15.0 Å². The van der Waals surface area contributed by atoms with Crippen LogP contribution in [-0.4, -0.2) is 51.9 Å². The number of halogens is 1. The monoisotopic (exact) mass is 453 g/mol. The van der Waals surface area contributed by atoms with Crippen LogP contribution in [0.25, 0.3) is 0 Å². The van der Waals surface area contributed by atoms with E-state index in [2.05, 4.69) is 10.0 Å². The van der Waals surface area contributed by atoms with E-state index in [0.717, 1.165) is 0 Å². The molecule has 0 radical (unpaired) electrons. The van der Waals surface area contributed by atoms with Gasteiger partial charge in [0.25, 0.3) is 5.91 Å². The van der Waals surface area contributed by atoms with Crippen LogP contribution in [0.2, 0.25) is 5.02 Å². The lowest BCUT2D eigenvalue weighted by molar-refractivity contribution is -0.120. The van der Waals surface area contributed by atoms with Crippen molar-refractivity contribution in [2.45, 2.75) is 24.3 Å². The number of carbonyl (C=O) groups is 2. The fourth-order valence-electron chi connectivity index (χ4n) is 2.54. The molecule has 10 heteroatoms. The summed E-state index contributed by atoms with van der Waals surface area (Å²) in [5, 5.41) is 3.03. The van der Waals surface area contributed by atoms with Crippen LogP contribution in [0.5, 0.6) is 5.75 Å². The van der Waals surface area contributed by atoms with E-state index >= 15 is 0 Å². The molecule has 2 amide bonds. The molecule has 30 heavy (non-hydrogen) atoms. The van der Waals surface area contributed by atoms with Crippen LogP contribution < -0.4 is 14.8 Å². The maximum atomic E-state index is 12.8. The molecule has 0 heterocycles. The summed E-state index contributed by atoms with van der Waals surface area (Å²) in [5.74, 6) is -0.548. The largest absolute Gasteiger partial charge is 0.496 e. The Hall–Kier alpha value is -2.62. The van der Waals surface area contributed by atoms with E-state index in [9.17, 15) is 18.0 Å². The molecule has 0 unspecified atom stereocenters. The highest BCUT2D eigenvalue weighted by atomic mass is 35.5. The van der Waals surface area contributed by atoms with Gasteiger partial charge in [-0.05, 0) is 56.3 Å². The molecule has 0 aliphatic rings. The minimum atomic E-state index is -3.97. The topological polar surface area (TPSA) is 105 Å². The molecule has 2 rings (SSSR count). The third-order valence-electron chi connectivity index (χ3n) is 4.18. The van der Waals surface area contributed by atoms with Gasteiger partial charge in [0.2, 0.25) is 15.9 Å². The number of amides is 2. The van der Waals surface area contributed by atoms with Crippen LogP contribution in [0.1, 0.15) is 24.2 Å². The lowest BCUT2D eigenvalue weighted by atomic mass is 10.1. The van der Waals surface area contributed by atoms with Crippen LogP contribution >= 0.6 is 11.6 Å². The van der Waals surface area contributed by atoms with Crippen molar-refractivity contribution in [3.05, 3.63) is 53.1 Å². The number of hydrogen-bond acceptors (Lipinski definition) is 5. The van der Waals surface area contributed by atoms with Crippen molar-refractivity contribution in [2.75, 3.05) is 26.5 Å². The molecule has 0 bridgehead atoms. The van der Waals surface area contributed by atoms with E-state index in [1.54, 1.807) is 26.2 Å². The number of sulfonamides is 1. The standard InChI is InChI=1S/C20H24ClN3O5S/c1-20(2,23-30(27,28)15-9-6-13(21)7-10-15)19(26)22-14-8-11-17(29-5)16(12-14)18(25)24(3)4/h6-12,23H,1-5H3,(H,22,26). The SMILES string of the molecule is COc1ccc(NC(=O)C(C)(C)NS(=O)(=O)c2ccc(Cl)cc2)cc1C(=O)N(C)C. The van der Waals surface area contributed by atoms with E-state index in [4.69, 9.17) is 16.3 Å². The average Bonchev–Trinajstić information content (AvgIpc) is 2.66. The van der Waals surface area contributed by atoms with Crippen LogP contribution in [0, 0.1) is 0 Å². The van der Waals surface area contributed by atoms with Crippen LogP contribution in [-0.2, 0) is 14.8 Å². The number of benzene rings is 2. The van der Waals surface area contributed by atoms with Gasteiger partial charge in [-0.2, -0.15) is 4.72 Å². The number of anilines is 1. The number of nitrogens with one attached hydrogen (secondary N) is 2. The predicted molar refractivity (Wildman–Crippen MR) is 115 cm³/mol. The van der Waals surface area contributed by atoms with Crippen molar-refractivity contribution < 1.29 is 22.7 Å². The van der Waals surface area contributed by atoms with Crippen LogP contribution in [0.15, 0.2) is 47.4 Å². The Morgan fingerprint density at radius 2 is 1.67 bits per heavy atom. The summed E-state index contributed by atoms with van der Waals surface area (Å²) in [6.45, 7) is 2.87. The molecule has 0 fully saturated rings. The van der Waals surface area contributed by atoms with E-state index in [1.807, 2.05) is 0 Å². The maximum absolute atomic E-state index is 12.8. The normalized spacial score (nSPS) is 11.7. The number of nitrogens with zero attached hydrogens (tertiary/aromatic N) is 1. The van der Waals surface area contributed by atoms with Crippen molar-refractivity contribution in [1.82, 2.24) is 9.62 Å². The Labute approximate surface area is 181 Å². The number of ether oxygens (including phenoxy) is 1. The summed E-state index contributed by atoms with van der Waals surface area (Å²) in [6, 6.07) is 10.2. The van der Waals surface area contributed by atoms with Crippen LogP contribution in [0.3, 0.4) is 0 Å². The highest BCUT2D eigenvalue weighted by Gasteiger charge is 2.33. The zero-order valence-electron chi connectivity index (χ0n) is 17.3. The highest BCUT2D eigenvalue weighted by Crippen LogP contribution is 2.25. The molecule has 2 aromatic carbocycles. The zero-order valence-corrected chi connectivity index (χ0v) is 18.9. The third-order valence-corrected chi connectivity index (χ3v) is 6.10. The number of methoxy groups -OCH3 is 1. The van der Waals surface area contributed by atoms with Gasteiger partial charge in [0, 0.05) is 24.8 Å². The molecule has 2 N–H and O–H groups in total. The molecular formula is C20H24ClN3O5S. The molecule has 0 saturated heterocycles. The average molecular weight is 454 g/mol. The second-order valence-corrected chi connectivity index (χ2v) is 9.37. The zero-order chi connectivity index (χ0) is 22.7. The first kappa shape index (κ1) is 23.7. The van der Waals surface area contributed by atoms with Gasteiger partial charge in [0.05, 0.1) is 17.6 Å². The van der Waals surface area contributed by atoms with Crippen molar-refractivity contribution in [1.29, 1.82) is 0 Å². The molecule has 2 aromatic rings. The molecule has 8 nitrogen and oxygen atoms in total.